The average Bonchev–Trinajstić information content (AvgIpc) is 3.13. The highest BCUT2D eigenvalue weighted by atomic mass is 35.5. The lowest BCUT2D eigenvalue weighted by molar-refractivity contribution is 0.102. The molecule has 170 valence electrons. The van der Waals surface area contributed by atoms with E-state index in [2.05, 4.69) is 24.6 Å². The molecule has 11 heteroatoms. The second kappa shape index (κ2) is 7.48. The number of carbonyl (C=O) groups is 1. The number of halogens is 2. The Hall–Kier alpha value is -2.59. The minimum absolute atomic E-state index is 0.0376. The van der Waals surface area contributed by atoms with Crippen LogP contribution in [0.4, 0.5) is 10.2 Å². The number of nitrogens with zero attached hydrogens (tertiary/aromatic N) is 4. The molecule has 4 heterocycles. The Bertz CT molecular complexity index is 1290. The lowest BCUT2D eigenvalue weighted by atomic mass is 9.89. The van der Waals surface area contributed by atoms with Gasteiger partial charge in [-0.05, 0) is 57.9 Å². The van der Waals surface area contributed by atoms with Gasteiger partial charge in [-0.15, -0.1) is 0 Å². The maximum atomic E-state index is 15.0. The Morgan fingerprint density at radius 2 is 2.06 bits per heavy atom. The van der Waals surface area contributed by atoms with Gasteiger partial charge >= 0.3 is 0 Å². The van der Waals surface area contributed by atoms with Crippen molar-refractivity contribution >= 4 is 38.9 Å². The Morgan fingerprint density at radius 1 is 1.34 bits per heavy atom. The molecular weight excluding hydrogens is 455 g/mol. The fourth-order valence-electron chi connectivity index (χ4n) is 4.30. The number of anilines is 1. The molecular formula is C21H24ClFN6O2S. The summed E-state index contributed by atoms with van der Waals surface area (Å²) in [5.41, 5.74) is 5.64. The summed E-state index contributed by atoms with van der Waals surface area (Å²) in [6.07, 6.45) is 1.84. The number of aromatic nitrogens is 2. The van der Waals surface area contributed by atoms with E-state index in [4.69, 9.17) is 17.3 Å². The lowest BCUT2D eigenvalue weighted by Crippen LogP contribution is -2.58. The van der Waals surface area contributed by atoms with Gasteiger partial charge in [0, 0.05) is 12.7 Å². The first kappa shape index (κ1) is 22.6. The van der Waals surface area contributed by atoms with E-state index in [1.165, 1.54) is 18.3 Å². The molecule has 4 rings (SSSR count). The van der Waals surface area contributed by atoms with Crippen molar-refractivity contribution in [2.45, 2.75) is 49.7 Å². The van der Waals surface area contributed by atoms with Gasteiger partial charge in [-0.25, -0.2) is 22.9 Å². The van der Waals surface area contributed by atoms with Crippen LogP contribution < -0.4 is 11.1 Å². The maximum Gasteiger partial charge on any atom is 0.275 e. The molecule has 2 aromatic rings. The first-order valence-corrected chi connectivity index (χ1v) is 12.0. The molecule has 1 amide bonds. The highest BCUT2D eigenvalue weighted by Gasteiger charge is 2.57. The van der Waals surface area contributed by atoms with Crippen molar-refractivity contribution in [2.24, 2.45) is 15.1 Å². The molecule has 0 spiro atoms. The molecule has 2 aliphatic rings. The fourth-order valence-corrected chi connectivity index (χ4v) is 7.66. The zero-order valence-electron chi connectivity index (χ0n) is 18.1. The number of hydrogen-bond donors (Lipinski definition) is 2. The van der Waals surface area contributed by atoms with Crippen molar-refractivity contribution < 1.29 is 13.4 Å². The van der Waals surface area contributed by atoms with Gasteiger partial charge in [0.15, 0.2) is 0 Å². The largest absolute Gasteiger partial charge is 0.386 e. The number of nitrogens with one attached hydrogen (secondary N) is 1. The third kappa shape index (κ3) is 3.27. The average molecular weight is 479 g/mol. The van der Waals surface area contributed by atoms with Crippen molar-refractivity contribution in [3.05, 3.63) is 52.2 Å². The highest BCUT2D eigenvalue weighted by molar-refractivity contribution is 7.96. The monoisotopic (exact) mass is 478 g/mol. The molecule has 0 aromatic carbocycles. The molecule has 0 unspecified atom stereocenters. The number of carbonyl (C=O) groups excluding carboxylic acids is 1. The third-order valence-electron chi connectivity index (χ3n) is 6.21. The quantitative estimate of drug-likeness (QED) is 0.699. The lowest BCUT2D eigenvalue weighted by Gasteiger charge is -2.44. The number of aliphatic imine (C=N–C) groups is 1. The smallest absolute Gasteiger partial charge is 0.275 e. The van der Waals surface area contributed by atoms with Crippen LogP contribution in [0.3, 0.4) is 0 Å². The number of amides is 1. The van der Waals surface area contributed by atoms with Gasteiger partial charge in [0.2, 0.25) is 0 Å². The summed E-state index contributed by atoms with van der Waals surface area (Å²) >= 11 is 5.91. The molecule has 0 fully saturated rings. The predicted octanol–water partition coefficient (Wildman–Crippen LogP) is 3.43. The summed E-state index contributed by atoms with van der Waals surface area (Å²) < 4.78 is 32.4. The summed E-state index contributed by atoms with van der Waals surface area (Å²) in [5, 5.41) is 2.49. The van der Waals surface area contributed by atoms with Gasteiger partial charge in [-0.1, -0.05) is 11.6 Å². The molecule has 3 N–H and O–H groups in total. The van der Waals surface area contributed by atoms with Gasteiger partial charge in [0.05, 0.1) is 20.0 Å². The van der Waals surface area contributed by atoms with Gasteiger partial charge < -0.3 is 11.1 Å². The van der Waals surface area contributed by atoms with E-state index < -0.39 is 37.0 Å². The van der Waals surface area contributed by atoms with Crippen LogP contribution in [0.25, 0.3) is 0 Å². The standard InChI is InChI=1S/C21H24ClFN6O2S/c1-11-9-12(22)10-25-16(11)18(30)28-15-6-5-13(23)17(27-15)21(4)14-7-8-26-32(14,31)20(2,3)19(24)29-21/h5-6,9-10,14H,7-8H2,1-4H3,(H2,24,29)(H,27,28,30)/t14-,21-,32-/m0/s1. The Kier molecular flexibility index (Phi) is 5.28. The second-order valence-electron chi connectivity index (χ2n) is 8.65. The number of pyridine rings is 2. The number of hydrogen-bond acceptors (Lipinski definition) is 7. The van der Waals surface area contributed by atoms with Crippen LogP contribution in [0, 0.1) is 12.7 Å². The van der Waals surface area contributed by atoms with Crippen LogP contribution in [0.15, 0.2) is 33.8 Å². The molecule has 0 bridgehead atoms. The summed E-state index contributed by atoms with van der Waals surface area (Å²) in [4.78, 5) is 25.7. The van der Waals surface area contributed by atoms with Crippen LogP contribution in [0.5, 0.6) is 0 Å². The van der Waals surface area contributed by atoms with E-state index in [1.54, 1.807) is 33.8 Å². The molecule has 8 nitrogen and oxygen atoms in total. The van der Waals surface area contributed by atoms with E-state index in [1.807, 2.05) is 0 Å². The minimum Gasteiger partial charge on any atom is -0.386 e. The van der Waals surface area contributed by atoms with Crippen molar-refractivity contribution in [1.82, 2.24) is 9.97 Å². The Morgan fingerprint density at radius 3 is 2.75 bits per heavy atom. The first-order chi connectivity index (χ1) is 14.9. The van der Waals surface area contributed by atoms with Crippen molar-refractivity contribution in [3.63, 3.8) is 0 Å². The van der Waals surface area contributed by atoms with E-state index in [9.17, 15) is 9.00 Å². The van der Waals surface area contributed by atoms with E-state index in [-0.39, 0.29) is 23.0 Å². The third-order valence-corrected chi connectivity index (χ3v) is 10.1. The molecule has 3 atom stereocenters. The molecule has 2 aliphatic heterocycles. The number of nitrogens with two attached hydrogens (primary N) is 1. The Balaban J connectivity index is 1.76. The SMILES string of the molecule is Cc1cc(Cl)cnc1C(=O)Nc1ccc(F)c([C@@]2(C)N=C(N)C(C)(C)[S@]3(=O)=NCC[C@@H]23)n1. The van der Waals surface area contributed by atoms with E-state index >= 15 is 4.39 Å². The molecule has 0 saturated carbocycles. The van der Waals surface area contributed by atoms with Gasteiger partial charge in [-0.3, -0.25) is 9.79 Å². The predicted molar refractivity (Wildman–Crippen MR) is 123 cm³/mol. The molecule has 2 aromatic heterocycles. The van der Waals surface area contributed by atoms with E-state index in [0.717, 1.165) is 0 Å². The maximum absolute atomic E-state index is 15.0. The minimum atomic E-state index is -2.83. The van der Waals surface area contributed by atoms with Gasteiger partial charge in [0.1, 0.15) is 39.1 Å². The molecule has 32 heavy (non-hydrogen) atoms. The second-order valence-corrected chi connectivity index (χ2v) is 12.1. The fraction of sp³-hybridized carbons (Fsp3) is 0.429. The number of aryl methyl sites for hydroxylation is 1. The van der Waals surface area contributed by atoms with Gasteiger partial charge in [0.25, 0.3) is 5.91 Å². The molecule has 0 radical (unpaired) electrons. The zero-order chi connectivity index (χ0) is 23.5. The Labute approximate surface area is 191 Å². The first-order valence-electron chi connectivity index (χ1n) is 10.1. The van der Waals surface area contributed by atoms with Crippen molar-refractivity contribution in [1.29, 1.82) is 0 Å². The van der Waals surface area contributed by atoms with Crippen LogP contribution >= 0.6 is 11.6 Å². The van der Waals surface area contributed by atoms with E-state index in [0.29, 0.717) is 23.6 Å². The highest BCUT2D eigenvalue weighted by Crippen LogP contribution is 2.47. The summed E-state index contributed by atoms with van der Waals surface area (Å²) in [6, 6.07) is 4.17. The van der Waals surface area contributed by atoms with Crippen LogP contribution in [-0.2, 0) is 15.3 Å². The van der Waals surface area contributed by atoms with Gasteiger partial charge in [-0.2, -0.15) is 0 Å². The van der Waals surface area contributed by atoms with Crippen LogP contribution in [-0.4, -0.2) is 42.5 Å². The number of rotatable bonds is 3. The topological polar surface area (TPSA) is 123 Å². The number of fused-ring (bicyclic) bond motifs is 1. The normalized spacial score (nSPS) is 28.4. The van der Waals surface area contributed by atoms with Crippen LogP contribution in [0.1, 0.15) is 48.9 Å². The summed E-state index contributed by atoms with van der Waals surface area (Å²) in [5.74, 6) is -0.884. The van der Waals surface area contributed by atoms with Crippen molar-refractivity contribution in [3.8, 4) is 0 Å². The molecule has 0 saturated heterocycles. The van der Waals surface area contributed by atoms with Crippen LogP contribution in [0.2, 0.25) is 5.02 Å². The summed E-state index contributed by atoms with van der Waals surface area (Å²) in [6.45, 7) is 7.25. The zero-order valence-corrected chi connectivity index (χ0v) is 19.7. The van der Waals surface area contributed by atoms with Crippen molar-refractivity contribution in [2.75, 3.05) is 11.9 Å². The molecule has 0 aliphatic carbocycles. The number of amidine groups is 1. The summed E-state index contributed by atoms with van der Waals surface area (Å²) in [7, 11) is -2.83.